The van der Waals surface area contributed by atoms with Crippen molar-refractivity contribution in [3.8, 4) is 0 Å². The Balaban J connectivity index is 1.21. The van der Waals surface area contributed by atoms with E-state index >= 15 is 0 Å². The standard InChI is InChI=1S/C22H32N4O2S/c1-2-26(22(27)28)18-9-7-17(8-10-18)11-12-24-13-15-25(16-14-24)21-19-5-3-4-6-20(19)29-23-21/h3-6,17-18H,2,7-16H2,1H3,(H,27,28)/t17-,18-. The van der Waals surface area contributed by atoms with Gasteiger partial charge in [-0.05, 0) is 75.2 Å². The molecule has 1 N–H and O–H groups in total. The van der Waals surface area contributed by atoms with Crippen molar-refractivity contribution in [1.29, 1.82) is 0 Å². The fourth-order valence-corrected chi connectivity index (χ4v) is 5.74. The summed E-state index contributed by atoms with van der Waals surface area (Å²) in [5, 5.41) is 10.6. The Morgan fingerprint density at radius 1 is 1.17 bits per heavy atom. The highest BCUT2D eigenvalue weighted by Gasteiger charge is 2.28. The van der Waals surface area contributed by atoms with E-state index in [0.29, 0.717) is 6.54 Å². The molecule has 0 unspecified atom stereocenters. The van der Waals surface area contributed by atoms with E-state index in [0.717, 1.165) is 57.3 Å². The summed E-state index contributed by atoms with van der Waals surface area (Å²) in [6.45, 7) is 8.00. The number of hydrogen-bond donors (Lipinski definition) is 1. The van der Waals surface area contributed by atoms with Crippen LogP contribution in [0.1, 0.15) is 39.0 Å². The number of piperazine rings is 1. The number of amides is 1. The zero-order valence-electron chi connectivity index (χ0n) is 17.3. The molecule has 29 heavy (non-hydrogen) atoms. The van der Waals surface area contributed by atoms with Crippen molar-refractivity contribution in [3.63, 3.8) is 0 Å². The molecule has 1 aliphatic heterocycles. The van der Waals surface area contributed by atoms with Gasteiger partial charge >= 0.3 is 6.09 Å². The molecule has 0 spiro atoms. The Hall–Kier alpha value is -1.86. The van der Waals surface area contributed by atoms with E-state index in [-0.39, 0.29) is 6.04 Å². The van der Waals surface area contributed by atoms with E-state index in [1.165, 1.54) is 29.3 Å². The zero-order chi connectivity index (χ0) is 20.2. The Bertz CT molecular complexity index is 810. The van der Waals surface area contributed by atoms with E-state index in [1.807, 2.05) is 6.92 Å². The first-order chi connectivity index (χ1) is 14.2. The maximum atomic E-state index is 11.3. The summed E-state index contributed by atoms with van der Waals surface area (Å²) < 4.78 is 5.98. The molecule has 4 rings (SSSR count). The second kappa shape index (κ2) is 9.30. The SMILES string of the molecule is CCN(C(=O)O)[C@H]1CC[C@H](CCN2CCN(c3nsc4ccccc34)CC2)CC1. The van der Waals surface area contributed by atoms with Gasteiger partial charge in [-0.3, -0.25) is 4.90 Å². The van der Waals surface area contributed by atoms with Crippen LogP contribution >= 0.6 is 11.5 Å². The minimum absolute atomic E-state index is 0.227. The Morgan fingerprint density at radius 3 is 2.59 bits per heavy atom. The summed E-state index contributed by atoms with van der Waals surface area (Å²) in [6.07, 6.45) is 4.86. The second-order valence-corrected chi connectivity index (χ2v) is 9.17. The van der Waals surface area contributed by atoms with Crippen molar-refractivity contribution in [2.75, 3.05) is 44.2 Å². The van der Waals surface area contributed by atoms with Gasteiger partial charge in [0, 0.05) is 44.2 Å². The van der Waals surface area contributed by atoms with Crippen molar-refractivity contribution in [2.24, 2.45) is 5.92 Å². The van der Waals surface area contributed by atoms with E-state index in [9.17, 15) is 9.90 Å². The van der Waals surface area contributed by atoms with Gasteiger partial charge in [0.15, 0.2) is 0 Å². The Labute approximate surface area is 177 Å². The van der Waals surface area contributed by atoms with Crippen molar-refractivity contribution >= 4 is 33.5 Å². The molecule has 2 fully saturated rings. The van der Waals surface area contributed by atoms with Crippen LogP contribution in [0.3, 0.4) is 0 Å². The maximum Gasteiger partial charge on any atom is 0.407 e. The molecule has 1 saturated carbocycles. The van der Waals surface area contributed by atoms with Gasteiger partial charge in [-0.2, -0.15) is 4.37 Å². The lowest BCUT2D eigenvalue weighted by atomic mass is 9.83. The Morgan fingerprint density at radius 2 is 1.90 bits per heavy atom. The van der Waals surface area contributed by atoms with Crippen LogP contribution < -0.4 is 4.90 Å². The number of carbonyl (C=O) groups is 1. The maximum absolute atomic E-state index is 11.3. The van der Waals surface area contributed by atoms with Gasteiger partial charge in [-0.15, -0.1) is 0 Å². The number of anilines is 1. The first-order valence-electron chi connectivity index (χ1n) is 11.0. The summed E-state index contributed by atoms with van der Waals surface area (Å²) in [7, 11) is 0. The summed E-state index contributed by atoms with van der Waals surface area (Å²) in [4.78, 5) is 18.0. The predicted octanol–water partition coefficient (Wildman–Crippen LogP) is 4.37. The lowest BCUT2D eigenvalue weighted by Gasteiger charge is -2.37. The highest BCUT2D eigenvalue weighted by Crippen LogP contribution is 2.31. The van der Waals surface area contributed by atoms with Crippen molar-refractivity contribution < 1.29 is 9.90 Å². The van der Waals surface area contributed by atoms with E-state index in [2.05, 4.69) is 34.1 Å². The lowest BCUT2D eigenvalue weighted by molar-refractivity contribution is 0.104. The van der Waals surface area contributed by atoms with Gasteiger partial charge in [0.05, 0.1) is 4.70 Å². The van der Waals surface area contributed by atoms with Gasteiger partial charge in [0.25, 0.3) is 0 Å². The number of carboxylic acid groups (broad SMARTS) is 1. The largest absolute Gasteiger partial charge is 0.465 e. The number of fused-ring (bicyclic) bond motifs is 1. The van der Waals surface area contributed by atoms with Crippen molar-refractivity contribution in [1.82, 2.24) is 14.2 Å². The van der Waals surface area contributed by atoms with Crippen LogP contribution in [0.4, 0.5) is 10.6 Å². The van der Waals surface area contributed by atoms with Gasteiger partial charge in [-0.25, -0.2) is 4.79 Å². The van der Waals surface area contributed by atoms with Crippen LogP contribution in [-0.4, -0.2) is 70.7 Å². The third kappa shape index (κ3) is 4.67. The molecule has 7 heteroatoms. The number of rotatable bonds is 6. The average Bonchev–Trinajstić information content (AvgIpc) is 3.18. The van der Waals surface area contributed by atoms with Crippen molar-refractivity contribution in [2.45, 2.75) is 45.1 Å². The molecule has 158 valence electrons. The van der Waals surface area contributed by atoms with Crippen LogP contribution in [0, 0.1) is 5.92 Å². The van der Waals surface area contributed by atoms with E-state index < -0.39 is 6.09 Å². The average molecular weight is 417 g/mol. The molecule has 1 aromatic carbocycles. The van der Waals surface area contributed by atoms with Crippen LogP contribution in [0.25, 0.3) is 10.1 Å². The Kier molecular flexibility index (Phi) is 6.55. The zero-order valence-corrected chi connectivity index (χ0v) is 18.1. The molecule has 1 aliphatic carbocycles. The topological polar surface area (TPSA) is 59.9 Å². The minimum Gasteiger partial charge on any atom is -0.465 e. The van der Waals surface area contributed by atoms with Crippen LogP contribution in [0.15, 0.2) is 24.3 Å². The highest BCUT2D eigenvalue weighted by atomic mass is 32.1. The highest BCUT2D eigenvalue weighted by molar-refractivity contribution is 7.13. The van der Waals surface area contributed by atoms with Crippen molar-refractivity contribution in [3.05, 3.63) is 24.3 Å². The quantitative estimate of drug-likeness (QED) is 0.758. The van der Waals surface area contributed by atoms with Crippen LogP contribution in [0.2, 0.25) is 0 Å². The fourth-order valence-electron chi connectivity index (χ4n) is 4.94. The number of benzene rings is 1. The van der Waals surface area contributed by atoms with Gasteiger partial charge in [-0.1, -0.05) is 12.1 Å². The number of nitrogens with zero attached hydrogens (tertiary/aromatic N) is 4. The van der Waals surface area contributed by atoms with Crippen LogP contribution in [-0.2, 0) is 0 Å². The van der Waals surface area contributed by atoms with Crippen LogP contribution in [0.5, 0.6) is 0 Å². The third-order valence-corrected chi connectivity index (χ3v) is 7.54. The third-order valence-electron chi connectivity index (χ3n) is 6.73. The molecule has 0 bridgehead atoms. The summed E-state index contributed by atoms with van der Waals surface area (Å²) in [5.41, 5.74) is 0. The number of hydrogen-bond acceptors (Lipinski definition) is 5. The fraction of sp³-hybridized carbons (Fsp3) is 0.636. The predicted molar refractivity (Wildman–Crippen MR) is 119 cm³/mol. The van der Waals surface area contributed by atoms with Gasteiger partial charge < -0.3 is 14.9 Å². The molecular formula is C22H32N4O2S. The monoisotopic (exact) mass is 416 g/mol. The molecule has 6 nitrogen and oxygen atoms in total. The van der Waals surface area contributed by atoms with Gasteiger partial charge in [0.2, 0.25) is 0 Å². The lowest BCUT2D eigenvalue weighted by Crippen LogP contribution is -2.47. The first-order valence-corrected chi connectivity index (χ1v) is 11.7. The van der Waals surface area contributed by atoms with E-state index in [1.54, 1.807) is 16.4 Å². The molecule has 0 radical (unpaired) electrons. The molecule has 1 amide bonds. The smallest absolute Gasteiger partial charge is 0.407 e. The molecule has 2 aliphatic rings. The summed E-state index contributed by atoms with van der Waals surface area (Å²) in [5.74, 6) is 1.90. The summed E-state index contributed by atoms with van der Waals surface area (Å²) >= 11 is 1.60. The number of aromatic nitrogens is 1. The minimum atomic E-state index is -0.762. The second-order valence-electron chi connectivity index (χ2n) is 8.36. The summed E-state index contributed by atoms with van der Waals surface area (Å²) in [6, 6.07) is 8.74. The molecule has 2 aromatic rings. The molecule has 1 aromatic heterocycles. The molecule has 2 heterocycles. The normalized spacial score (nSPS) is 23.4. The van der Waals surface area contributed by atoms with E-state index in [4.69, 9.17) is 4.37 Å². The molecule has 1 saturated heterocycles. The van der Waals surface area contributed by atoms with Gasteiger partial charge in [0.1, 0.15) is 5.82 Å². The molecular weight excluding hydrogens is 384 g/mol. The first kappa shape index (κ1) is 20.4. The molecule has 0 atom stereocenters.